The van der Waals surface area contributed by atoms with Crippen molar-refractivity contribution in [3.8, 4) is 17.2 Å². The van der Waals surface area contributed by atoms with Crippen molar-refractivity contribution in [1.29, 1.82) is 0 Å². The zero-order chi connectivity index (χ0) is 31.9. The summed E-state index contributed by atoms with van der Waals surface area (Å²) >= 11 is 6.47. The summed E-state index contributed by atoms with van der Waals surface area (Å²) in [7, 11) is 1.38. The molecular formula is C34H28ClN3O7. The van der Waals surface area contributed by atoms with Gasteiger partial charge in [0.2, 0.25) is 0 Å². The van der Waals surface area contributed by atoms with E-state index in [0.29, 0.717) is 23.6 Å². The number of ether oxygens (including phenoxy) is 3. The van der Waals surface area contributed by atoms with Gasteiger partial charge in [0.1, 0.15) is 17.9 Å². The van der Waals surface area contributed by atoms with Crippen molar-refractivity contribution < 1.29 is 33.4 Å². The van der Waals surface area contributed by atoms with Crippen LogP contribution in [0.15, 0.2) is 96.6 Å². The van der Waals surface area contributed by atoms with Gasteiger partial charge in [-0.3, -0.25) is 19.7 Å². The molecule has 0 aliphatic carbocycles. The number of rotatable bonds is 10. The standard InChI is InChI=1S/C34H28ClN3O7/c1-21-7-6-10-24(15-21)36-30(39)20-45-31-28(35)17-23(18-29(31)43-2)16-27-32(40)37-34(42)38(33(27)41)25-11-13-26(14-12-25)44-19-22-8-4-3-5-9-22/h3-18H,19-20H2,1-2H3,(H,36,39)(H,37,40,42)/b27-16+. The fraction of sp³-hybridized carbons (Fsp3) is 0.118. The Hall–Kier alpha value is -5.61. The van der Waals surface area contributed by atoms with Crippen LogP contribution in [0.3, 0.4) is 0 Å². The van der Waals surface area contributed by atoms with Crippen LogP contribution in [0.5, 0.6) is 17.2 Å². The first-order chi connectivity index (χ1) is 21.7. The number of nitrogens with zero attached hydrogens (tertiary/aromatic N) is 1. The van der Waals surface area contributed by atoms with E-state index in [9.17, 15) is 19.2 Å². The molecule has 0 aromatic heterocycles. The number of aryl methyl sites for hydroxylation is 1. The molecule has 0 unspecified atom stereocenters. The minimum absolute atomic E-state index is 0.0762. The molecule has 4 aromatic rings. The summed E-state index contributed by atoms with van der Waals surface area (Å²) in [5.74, 6) is -1.30. The summed E-state index contributed by atoms with van der Waals surface area (Å²) in [6, 6.07) is 25.3. The number of amides is 5. The second-order valence-corrected chi connectivity index (χ2v) is 10.4. The molecular weight excluding hydrogens is 598 g/mol. The Morgan fingerprint density at radius 2 is 1.69 bits per heavy atom. The largest absolute Gasteiger partial charge is 0.493 e. The molecule has 45 heavy (non-hydrogen) atoms. The van der Waals surface area contributed by atoms with Gasteiger partial charge >= 0.3 is 6.03 Å². The number of hydrogen-bond acceptors (Lipinski definition) is 7. The number of hydrogen-bond donors (Lipinski definition) is 2. The van der Waals surface area contributed by atoms with Gasteiger partial charge in [0.15, 0.2) is 18.1 Å². The second-order valence-electron chi connectivity index (χ2n) is 9.97. The third kappa shape index (κ3) is 7.49. The number of imide groups is 2. The molecule has 11 heteroatoms. The molecule has 0 atom stereocenters. The zero-order valence-corrected chi connectivity index (χ0v) is 25.1. The molecule has 5 rings (SSSR count). The summed E-state index contributed by atoms with van der Waals surface area (Å²) in [4.78, 5) is 52.1. The first-order valence-electron chi connectivity index (χ1n) is 13.8. The highest BCUT2D eigenvalue weighted by atomic mass is 35.5. The van der Waals surface area contributed by atoms with Crippen LogP contribution in [0.2, 0.25) is 5.02 Å². The molecule has 0 spiro atoms. The Kier molecular flexibility index (Phi) is 9.45. The van der Waals surface area contributed by atoms with Gasteiger partial charge in [-0.2, -0.15) is 0 Å². The summed E-state index contributed by atoms with van der Waals surface area (Å²) in [5, 5.41) is 5.02. The van der Waals surface area contributed by atoms with E-state index in [1.165, 1.54) is 25.3 Å². The smallest absolute Gasteiger partial charge is 0.335 e. The summed E-state index contributed by atoms with van der Waals surface area (Å²) in [5.41, 5.74) is 2.86. The van der Waals surface area contributed by atoms with Crippen LogP contribution < -0.4 is 29.7 Å². The van der Waals surface area contributed by atoms with Gasteiger partial charge in [-0.25, -0.2) is 9.69 Å². The van der Waals surface area contributed by atoms with Gasteiger partial charge in [-0.15, -0.1) is 0 Å². The number of urea groups is 1. The van der Waals surface area contributed by atoms with E-state index in [-0.39, 0.29) is 34.4 Å². The molecule has 0 saturated carbocycles. The number of carbonyl (C=O) groups excluding carboxylic acids is 4. The van der Waals surface area contributed by atoms with Crippen molar-refractivity contribution in [2.75, 3.05) is 23.9 Å². The molecule has 1 aliphatic heterocycles. The Labute approximate surface area is 264 Å². The summed E-state index contributed by atoms with van der Waals surface area (Å²) in [6.07, 6.45) is 1.29. The van der Waals surface area contributed by atoms with Crippen molar-refractivity contribution >= 4 is 52.8 Å². The van der Waals surface area contributed by atoms with Crippen LogP contribution in [0.1, 0.15) is 16.7 Å². The van der Waals surface area contributed by atoms with Crippen molar-refractivity contribution in [1.82, 2.24) is 5.32 Å². The highest BCUT2D eigenvalue weighted by molar-refractivity contribution is 6.39. The van der Waals surface area contributed by atoms with Crippen molar-refractivity contribution in [3.63, 3.8) is 0 Å². The zero-order valence-electron chi connectivity index (χ0n) is 24.3. The maximum Gasteiger partial charge on any atom is 0.335 e. The van der Waals surface area contributed by atoms with Crippen LogP contribution in [-0.4, -0.2) is 37.5 Å². The number of carbonyl (C=O) groups is 4. The molecule has 1 fully saturated rings. The molecule has 2 N–H and O–H groups in total. The Morgan fingerprint density at radius 3 is 2.40 bits per heavy atom. The predicted molar refractivity (Wildman–Crippen MR) is 170 cm³/mol. The fourth-order valence-corrected chi connectivity index (χ4v) is 4.79. The molecule has 1 saturated heterocycles. The third-order valence-corrected chi connectivity index (χ3v) is 6.94. The van der Waals surface area contributed by atoms with E-state index in [4.69, 9.17) is 25.8 Å². The molecule has 1 heterocycles. The minimum atomic E-state index is -0.886. The van der Waals surface area contributed by atoms with Crippen LogP contribution in [0.25, 0.3) is 6.08 Å². The van der Waals surface area contributed by atoms with Crippen molar-refractivity contribution in [2.45, 2.75) is 13.5 Å². The van der Waals surface area contributed by atoms with E-state index < -0.39 is 23.8 Å². The molecule has 10 nitrogen and oxygen atoms in total. The van der Waals surface area contributed by atoms with Gasteiger partial charge in [0.05, 0.1) is 17.8 Å². The van der Waals surface area contributed by atoms with E-state index in [2.05, 4.69) is 10.6 Å². The molecule has 4 aromatic carbocycles. The predicted octanol–water partition coefficient (Wildman–Crippen LogP) is 5.92. The van der Waals surface area contributed by atoms with Crippen LogP contribution in [0, 0.1) is 6.92 Å². The lowest BCUT2D eigenvalue weighted by Gasteiger charge is -2.26. The van der Waals surface area contributed by atoms with Gasteiger partial charge in [-0.1, -0.05) is 54.1 Å². The summed E-state index contributed by atoms with van der Waals surface area (Å²) in [6.45, 7) is 1.91. The Morgan fingerprint density at radius 1 is 0.933 bits per heavy atom. The summed E-state index contributed by atoms with van der Waals surface area (Å²) < 4.78 is 16.8. The first kappa shape index (κ1) is 30.8. The van der Waals surface area contributed by atoms with E-state index in [1.807, 2.05) is 55.5 Å². The normalized spacial score (nSPS) is 13.8. The van der Waals surface area contributed by atoms with Crippen molar-refractivity contribution in [3.05, 3.63) is 118 Å². The SMILES string of the molecule is COc1cc(/C=C2\C(=O)NC(=O)N(c3ccc(OCc4ccccc4)cc3)C2=O)cc(Cl)c1OCC(=O)Nc1cccc(C)c1. The number of benzene rings is 4. The monoisotopic (exact) mass is 625 g/mol. The second kappa shape index (κ2) is 13.8. The minimum Gasteiger partial charge on any atom is -0.493 e. The highest BCUT2D eigenvalue weighted by Crippen LogP contribution is 2.37. The Balaban J connectivity index is 1.30. The fourth-order valence-electron chi connectivity index (χ4n) is 4.51. The topological polar surface area (TPSA) is 123 Å². The maximum atomic E-state index is 13.4. The van der Waals surface area contributed by atoms with E-state index in [1.54, 1.807) is 30.3 Å². The first-order valence-corrected chi connectivity index (χ1v) is 14.1. The molecule has 5 amide bonds. The van der Waals surface area contributed by atoms with Gasteiger partial charge in [0, 0.05) is 5.69 Å². The van der Waals surface area contributed by atoms with Gasteiger partial charge < -0.3 is 19.5 Å². The lowest BCUT2D eigenvalue weighted by atomic mass is 10.1. The van der Waals surface area contributed by atoms with Crippen LogP contribution in [0.4, 0.5) is 16.2 Å². The number of methoxy groups -OCH3 is 1. The van der Waals surface area contributed by atoms with Gasteiger partial charge in [0.25, 0.3) is 17.7 Å². The Bertz CT molecular complexity index is 1790. The molecule has 1 aliphatic rings. The van der Waals surface area contributed by atoms with E-state index >= 15 is 0 Å². The van der Waals surface area contributed by atoms with E-state index in [0.717, 1.165) is 16.0 Å². The van der Waals surface area contributed by atoms with Crippen LogP contribution >= 0.6 is 11.6 Å². The molecule has 0 bridgehead atoms. The van der Waals surface area contributed by atoms with Crippen LogP contribution in [-0.2, 0) is 21.0 Å². The quantitative estimate of drug-likeness (QED) is 0.166. The number of nitrogens with one attached hydrogen (secondary N) is 2. The third-order valence-electron chi connectivity index (χ3n) is 6.66. The maximum absolute atomic E-state index is 13.4. The lowest BCUT2D eigenvalue weighted by Crippen LogP contribution is -2.54. The average Bonchev–Trinajstić information content (AvgIpc) is 3.02. The van der Waals surface area contributed by atoms with Crippen molar-refractivity contribution in [2.24, 2.45) is 0 Å². The lowest BCUT2D eigenvalue weighted by molar-refractivity contribution is -0.122. The molecule has 0 radical (unpaired) electrons. The number of barbiturate groups is 1. The number of anilines is 2. The van der Waals surface area contributed by atoms with Gasteiger partial charge in [-0.05, 0) is 78.2 Å². The number of halogens is 1. The average molecular weight is 626 g/mol. The molecule has 228 valence electrons. The highest BCUT2D eigenvalue weighted by Gasteiger charge is 2.37.